The van der Waals surface area contributed by atoms with E-state index in [2.05, 4.69) is 48.2 Å². The first-order valence-electron chi connectivity index (χ1n) is 11.6. The second-order valence-electron chi connectivity index (χ2n) is 8.69. The molecule has 1 aliphatic rings. The van der Waals surface area contributed by atoms with E-state index in [-0.39, 0.29) is 5.91 Å². The van der Waals surface area contributed by atoms with Crippen LogP contribution in [0.3, 0.4) is 0 Å². The molecule has 1 saturated heterocycles. The topological polar surface area (TPSA) is 54.3 Å². The molecular formula is C26H29N5OS. The number of thiazole rings is 1. The molecule has 0 saturated carbocycles. The summed E-state index contributed by atoms with van der Waals surface area (Å²) in [5.41, 5.74) is 5.38. The minimum absolute atomic E-state index is 0.246. The number of fused-ring (bicyclic) bond motifs is 1. The van der Waals surface area contributed by atoms with Crippen molar-refractivity contribution in [3.05, 3.63) is 71.4 Å². The summed E-state index contributed by atoms with van der Waals surface area (Å²) in [6.45, 7) is 7.41. The molecule has 6 nitrogen and oxygen atoms in total. The standard InChI is InChI=1S/C26H29N5OS/c1-19-8-6-11-22(18-19)31-25-24(20(2)28-31)33-26(27-25)30-15-7-14-29(16-17-30)23(32)13-12-21-9-4-3-5-10-21/h3-6,8-11,18H,7,12-17H2,1-2H3. The van der Waals surface area contributed by atoms with Gasteiger partial charge in [0.25, 0.3) is 0 Å². The van der Waals surface area contributed by atoms with Crippen molar-refractivity contribution in [1.29, 1.82) is 0 Å². The summed E-state index contributed by atoms with van der Waals surface area (Å²) in [4.78, 5) is 22.2. The molecule has 1 fully saturated rings. The molecule has 1 aliphatic heterocycles. The van der Waals surface area contributed by atoms with Crippen molar-refractivity contribution in [3.8, 4) is 5.69 Å². The van der Waals surface area contributed by atoms with Crippen molar-refractivity contribution >= 4 is 32.7 Å². The van der Waals surface area contributed by atoms with Gasteiger partial charge >= 0.3 is 0 Å². The van der Waals surface area contributed by atoms with Gasteiger partial charge in [-0.1, -0.05) is 53.8 Å². The Hall–Kier alpha value is -3.19. The van der Waals surface area contributed by atoms with E-state index < -0.39 is 0 Å². The maximum absolute atomic E-state index is 12.8. The van der Waals surface area contributed by atoms with Gasteiger partial charge in [-0.3, -0.25) is 4.79 Å². The zero-order valence-electron chi connectivity index (χ0n) is 19.2. The highest BCUT2D eigenvalue weighted by Crippen LogP contribution is 2.33. The van der Waals surface area contributed by atoms with Crippen LogP contribution >= 0.6 is 11.3 Å². The molecule has 0 unspecified atom stereocenters. The van der Waals surface area contributed by atoms with Crippen LogP contribution in [0.15, 0.2) is 54.6 Å². The summed E-state index contributed by atoms with van der Waals surface area (Å²) in [5, 5.41) is 5.76. The van der Waals surface area contributed by atoms with Crippen LogP contribution in [0.1, 0.15) is 29.7 Å². The van der Waals surface area contributed by atoms with E-state index >= 15 is 0 Å². The van der Waals surface area contributed by atoms with Crippen LogP contribution in [0.4, 0.5) is 5.13 Å². The van der Waals surface area contributed by atoms with Crippen molar-refractivity contribution in [2.45, 2.75) is 33.1 Å². The van der Waals surface area contributed by atoms with Crippen molar-refractivity contribution in [2.24, 2.45) is 0 Å². The highest BCUT2D eigenvalue weighted by atomic mass is 32.1. The fraction of sp³-hybridized carbons (Fsp3) is 0.346. The van der Waals surface area contributed by atoms with E-state index in [1.165, 1.54) is 11.1 Å². The fourth-order valence-electron chi connectivity index (χ4n) is 4.41. The zero-order chi connectivity index (χ0) is 22.8. The van der Waals surface area contributed by atoms with Crippen LogP contribution in [-0.2, 0) is 11.2 Å². The third-order valence-electron chi connectivity index (χ3n) is 6.21. The summed E-state index contributed by atoms with van der Waals surface area (Å²) >= 11 is 1.70. The summed E-state index contributed by atoms with van der Waals surface area (Å²) in [7, 11) is 0. The lowest BCUT2D eigenvalue weighted by Gasteiger charge is -2.21. The quantitative estimate of drug-likeness (QED) is 0.431. The summed E-state index contributed by atoms with van der Waals surface area (Å²) < 4.78 is 3.08. The van der Waals surface area contributed by atoms with Crippen LogP contribution in [0.5, 0.6) is 0 Å². The molecule has 170 valence electrons. The number of amides is 1. The molecule has 0 bridgehead atoms. The molecule has 2 aromatic carbocycles. The van der Waals surface area contributed by atoms with Gasteiger partial charge in [0.2, 0.25) is 5.91 Å². The largest absolute Gasteiger partial charge is 0.346 e. The molecule has 0 aliphatic carbocycles. The Labute approximate surface area is 198 Å². The van der Waals surface area contributed by atoms with Gasteiger partial charge in [-0.25, -0.2) is 4.68 Å². The number of carbonyl (C=O) groups excluding carboxylic acids is 1. The minimum Gasteiger partial charge on any atom is -0.346 e. The average molecular weight is 460 g/mol. The predicted molar refractivity (Wildman–Crippen MR) is 134 cm³/mol. The molecule has 0 N–H and O–H groups in total. The van der Waals surface area contributed by atoms with E-state index in [1.54, 1.807) is 11.3 Å². The number of hydrogen-bond donors (Lipinski definition) is 0. The molecule has 0 radical (unpaired) electrons. The van der Waals surface area contributed by atoms with E-state index in [9.17, 15) is 4.79 Å². The van der Waals surface area contributed by atoms with Crippen molar-refractivity contribution in [1.82, 2.24) is 19.7 Å². The maximum atomic E-state index is 12.8. The van der Waals surface area contributed by atoms with Crippen LogP contribution in [0.2, 0.25) is 0 Å². The molecule has 2 aromatic heterocycles. The van der Waals surface area contributed by atoms with Gasteiger partial charge < -0.3 is 9.80 Å². The molecule has 4 aromatic rings. The monoisotopic (exact) mass is 459 g/mol. The molecular weight excluding hydrogens is 430 g/mol. The Kier molecular flexibility index (Phi) is 6.13. The lowest BCUT2D eigenvalue weighted by atomic mass is 10.1. The van der Waals surface area contributed by atoms with Crippen LogP contribution < -0.4 is 4.90 Å². The lowest BCUT2D eigenvalue weighted by molar-refractivity contribution is -0.130. The average Bonchev–Trinajstić information content (AvgIpc) is 3.29. The van der Waals surface area contributed by atoms with Gasteiger partial charge in [-0.2, -0.15) is 10.1 Å². The smallest absolute Gasteiger partial charge is 0.222 e. The number of aryl methyl sites for hydroxylation is 3. The van der Waals surface area contributed by atoms with Gasteiger partial charge in [-0.05, 0) is 49.9 Å². The number of anilines is 1. The van der Waals surface area contributed by atoms with Gasteiger partial charge in [0.05, 0.1) is 16.1 Å². The van der Waals surface area contributed by atoms with Crippen molar-refractivity contribution in [2.75, 3.05) is 31.1 Å². The molecule has 5 rings (SSSR count). The molecule has 0 atom stereocenters. The number of carbonyl (C=O) groups is 1. The van der Waals surface area contributed by atoms with Gasteiger partial charge in [-0.15, -0.1) is 0 Å². The number of aromatic nitrogens is 3. The Morgan fingerprint density at radius 3 is 2.67 bits per heavy atom. The Balaban J connectivity index is 1.29. The predicted octanol–water partition coefficient (Wildman–Crippen LogP) is 4.77. The minimum atomic E-state index is 0.246. The highest BCUT2D eigenvalue weighted by Gasteiger charge is 2.23. The van der Waals surface area contributed by atoms with Crippen LogP contribution in [0, 0.1) is 13.8 Å². The second kappa shape index (κ2) is 9.35. The van der Waals surface area contributed by atoms with Gasteiger partial charge in [0.1, 0.15) is 0 Å². The maximum Gasteiger partial charge on any atom is 0.222 e. The van der Waals surface area contributed by atoms with E-state index in [1.807, 2.05) is 34.7 Å². The van der Waals surface area contributed by atoms with Crippen LogP contribution in [-0.4, -0.2) is 51.8 Å². The summed E-state index contributed by atoms with van der Waals surface area (Å²) in [6.07, 6.45) is 2.32. The third-order valence-corrected chi connectivity index (χ3v) is 7.43. The first-order valence-corrected chi connectivity index (χ1v) is 12.4. The first kappa shape index (κ1) is 21.6. The van der Waals surface area contributed by atoms with Crippen LogP contribution in [0.25, 0.3) is 16.0 Å². The lowest BCUT2D eigenvalue weighted by Crippen LogP contribution is -2.35. The summed E-state index contributed by atoms with van der Waals surface area (Å²) in [5.74, 6) is 0.246. The number of hydrogen-bond acceptors (Lipinski definition) is 5. The van der Waals surface area contributed by atoms with Gasteiger partial charge in [0.15, 0.2) is 10.8 Å². The highest BCUT2D eigenvalue weighted by molar-refractivity contribution is 7.22. The Bertz CT molecular complexity index is 1260. The molecule has 7 heteroatoms. The fourth-order valence-corrected chi connectivity index (χ4v) is 5.45. The van der Waals surface area contributed by atoms with Crippen molar-refractivity contribution < 1.29 is 4.79 Å². The van der Waals surface area contributed by atoms with E-state index in [0.29, 0.717) is 6.42 Å². The van der Waals surface area contributed by atoms with Crippen molar-refractivity contribution in [3.63, 3.8) is 0 Å². The Morgan fingerprint density at radius 1 is 1.00 bits per heavy atom. The number of rotatable bonds is 5. The first-order chi connectivity index (χ1) is 16.1. The number of nitrogens with zero attached hydrogens (tertiary/aromatic N) is 5. The normalized spacial score (nSPS) is 14.6. The SMILES string of the molecule is Cc1cccc(-n2nc(C)c3sc(N4CCCN(C(=O)CCc5ccccc5)CC4)nc32)c1. The van der Waals surface area contributed by atoms with E-state index in [4.69, 9.17) is 10.1 Å². The number of benzene rings is 2. The summed E-state index contributed by atoms with van der Waals surface area (Å²) in [6, 6.07) is 18.6. The third kappa shape index (κ3) is 4.64. The molecule has 33 heavy (non-hydrogen) atoms. The molecule has 1 amide bonds. The van der Waals surface area contributed by atoms with Gasteiger partial charge in [0, 0.05) is 32.6 Å². The Morgan fingerprint density at radius 2 is 1.85 bits per heavy atom. The molecule has 0 spiro atoms. The second-order valence-corrected chi connectivity index (χ2v) is 9.67. The zero-order valence-corrected chi connectivity index (χ0v) is 20.0. The molecule has 3 heterocycles. The van der Waals surface area contributed by atoms with E-state index in [0.717, 1.165) is 65.9 Å².